The summed E-state index contributed by atoms with van der Waals surface area (Å²) >= 11 is 0. The molecule has 2 saturated heterocycles. The highest BCUT2D eigenvalue weighted by Gasteiger charge is 2.32. The van der Waals surface area contributed by atoms with Gasteiger partial charge in [-0.05, 0) is 50.3 Å². The largest absolute Gasteiger partial charge is 0.399 e. The Bertz CT molecular complexity index is 503. The van der Waals surface area contributed by atoms with Gasteiger partial charge in [-0.1, -0.05) is 18.2 Å². The van der Waals surface area contributed by atoms with E-state index in [1.165, 1.54) is 19.4 Å². The van der Waals surface area contributed by atoms with Crippen LogP contribution in [-0.4, -0.2) is 36.0 Å². The molecule has 0 saturated carbocycles. The molecule has 4 heteroatoms. The molecule has 1 aromatic rings. The molecular formula is C17H25N3O. The highest BCUT2D eigenvalue weighted by Crippen LogP contribution is 2.26. The van der Waals surface area contributed by atoms with Gasteiger partial charge in [-0.2, -0.15) is 0 Å². The van der Waals surface area contributed by atoms with Gasteiger partial charge < -0.3 is 16.0 Å². The molecule has 1 amide bonds. The van der Waals surface area contributed by atoms with Crippen molar-refractivity contribution in [1.29, 1.82) is 0 Å². The number of benzene rings is 1. The molecule has 4 nitrogen and oxygen atoms in total. The minimum atomic E-state index is 0.162. The molecule has 114 valence electrons. The average Bonchev–Trinajstić information content (AvgIpc) is 2.94. The van der Waals surface area contributed by atoms with Gasteiger partial charge in [0.1, 0.15) is 0 Å². The number of piperidine rings is 1. The molecule has 3 rings (SSSR count). The van der Waals surface area contributed by atoms with Crippen molar-refractivity contribution in [2.75, 3.05) is 18.8 Å². The fourth-order valence-corrected chi connectivity index (χ4v) is 3.67. The monoisotopic (exact) mass is 287 g/mol. The van der Waals surface area contributed by atoms with E-state index >= 15 is 0 Å². The second-order valence-corrected chi connectivity index (χ2v) is 6.32. The number of carbonyl (C=O) groups is 1. The number of anilines is 1. The van der Waals surface area contributed by atoms with Crippen LogP contribution in [0.5, 0.6) is 0 Å². The lowest BCUT2D eigenvalue weighted by atomic mass is 9.97. The third kappa shape index (κ3) is 3.56. The van der Waals surface area contributed by atoms with Crippen LogP contribution in [0.3, 0.4) is 0 Å². The zero-order chi connectivity index (χ0) is 14.7. The van der Waals surface area contributed by atoms with Crippen LogP contribution < -0.4 is 11.1 Å². The van der Waals surface area contributed by atoms with E-state index in [4.69, 9.17) is 5.73 Å². The summed E-state index contributed by atoms with van der Waals surface area (Å²) in [5.74, 6) is 0.162. The fourth-order valence-electron chi connectivity index (χ4n) is 3.67. The summed E-state index contributed by atoms with van der Waals surface area (Å²) in [6, 6.07) is 8.86. The van der Waals surface area contributed by atoms with Crippen LogP contribution in [0.15, 0.2) is 24.3 Å². The zero-order valence-corrected chi connectivity index (χ0v) is 12.6. The highest BCUT2D eigenvalue weighted by atomic mass is 16.1. The molecule has 2 heterocycles. The summed E-state index contributed by atoms with van der Waals surface area (Å²) in [7, 11) is 0. The molecule has 2 aliphatic heterocycles. The van der Waals surface area contributed by atoms with Gasteiger partial charge in [0, 0.05) is 30.7 Å². The van der Waals surface area contributed by atoms with Crippen LogP contribution >= 0.6 is 0 Å². The van der Waals surface area contributed by atoms with Gasteiger partial charge in [-0.15, -0.1) is 0 Å². The minimum absolute atomic E-state index is 0.162. The van der Waals surface area contributed by atoms with E-state index < -0.39 is 0 Å². The van der Waals surface area contributed by atoms with Crippen LogP contribution in [0.1, 0.15) is 37.7 Å². The summed E-state index contributed by atoms with van der Waals surface area (Å²) < 4.78 is 0. The smallest absolute Gasteiger partial charge is 0.220 e. The van der Waals surface area contributed by atoms with Crippen molar-refractivity contribution in [2.24, 2.45) is 0 Å². The number of nitrogens with zero attached hydrogens (tertiary/aromatic N) is 1. The summed E-state index contributed by atoms with van der Waals surface area (Å²) in [5, 5.41) is 3.21. The topological polar surface area (TPSA) is 58.4 Å². The minimum Gasteiger partial charge on any atom is -0.399 e. The number of aryl methyl sites for hydroxylation is 1. The van der Waals surface area contributed by atoms with E-state index in [1.54, 1.807) is 0 Å². The molecule has 2 aliphatic rings. The molecular weight excluding hydrogens is 262 g/mol. The van der Waals surface area contributed by atoms with Gasteiger partial charge in [0.2, 0.25) is 5.91 Å². The second-order valence-electron chi connectivity index (χ2n) is 6.32. The first-order valence-electron chi connectivity index (χ1n) is 8.09. The Kier molecular flexibility index (Phi) is 4.44. The lowest BCUT2D eigenvalue weighted by molar-refractivity contribution is -0.122. The molecule has 3 N–H and O–H groups in total. The Morgan fingerprint density at radius 3 is 3.00 bits per heavy atom. The lowest BCUT2D eigenvalue weighted by Gasteiger charge is -2.35. The van der Waals surface area contributed by atoms with E-state index in [1.807, 2.05) is 24.3 Å². The molecule has 2 unspecified atom stereocenters. The van der Waals surface area contributed by atoms with E-state index in [-0.39, 0.29) is 5.91 Å². The van der Waals surface area contributed by atoms with Crippen LogP contribution in [0.25, 0.3) is 0 Å². The van der Waals surface area contributed by atoms with Crippen LogP contribution in [0, 0.1) is 0 Å². The van der Waals surface area contributed by atoms with Gasteiger partial charge in [0.15, 0.2) is 0 Å². The van der Waals surface area contributed by atoms with Crippen molar-refractivity contribution in [1.82, 2.24) is 10.2 Å². The van der Waals surface area contributed by atoms with Gasteiger partial charge >= 0.3 is 0 Å². The molecule has 0 bridgehead atoms. The molecule has 0 radical (unpaired) electrons. The number of nitrogens with one attached hydrogen (secondary N) is 1. The van der Waals surface area contributed by atoms with Gasteiger partial charge in [-0.3, -0.25) is 4.79 Å². The van der Waals surface area contributed by atoms with Crippen molar-refractivity contribution in [3.8, 4) is 0 Å². The summed E-state index contributed by atoms with van der Waals surface area (Å²) in [6.45, 7) is 2.39. The number of nitrogens with two attached hydrogens (primary N) is 1. The third-order valence-electron chi connectivity index (χ3n) is 4.86. The lowest BCUT2D eigenvalue weighted by Crippen LogP contribution is -2.47. The highest BCUT2D eigenvalue weighted by molar-refractivity contribution is 5.76. The van der Waals surface area contributed by atoms with Crippen molar-refractivity contribution in [3.05, 3.63) is 29.8 Å². The van der Waals surface area contributed by atoms with Gasteiger partial charge in [0.25, 0.3) is 0 Å². The predicted molar refractivity (Wildman–Crippen MR) is 84.9 cm³/mol. The number of rotatable bonds is 4. The molecule has 2 fully saturated rings. The van der Waals surface area contributed by atoms with Crippen LogP contribution in [0.4, 0.5) is 5.69 Å². The van der Waals surface area contributed by atoms with E-state index in [0.29, 0.717) is 18.5 Å². The maximum atomic E-state index is 12.1. The Balaban J connectivity index is 1.45. The van der Waals surface area contributed by atoms with Crippen LogP contribution in [0.2, 0.25) is 0 Å². The maximum Gasteiger partial charge on any atom is 0.220 e. The Morgan fingerprint density at radius 1 is 1.29 bits per heavy atom. The van der Waals surface area contributed by atoms with E-state index in [0.717, 1.165) is 37.1 Å². The third-order valence-corrected chi connectivity index (χ3v) is 4.86. The summed E-state index contributed by atoms with van der Waals surface area (Å²) in [5.41, 5.74) is 7.76. The number of hydrogen-bond acceptors (Lipinski definition) is 3. The number of nitrogen functional groups attached to an aromatic ring is 1. The first-order chi connectivity index (χ1) is 10.2. The standard InChI is InChI=1S/C17H25N3O/c18-16-6-2-1-4-13(16)7-8-17(21)19-14-9-11-20-10-3-5-15(20)12-14/h1-2,4,6,14-15H,3,5,7-12,18H2,(H,19,21). The number of fused-ring (bicyclic) bond motifs is 1. The number of amides is 1. The summed E-state index contributed by atoms with van der Waals surface area (Å²) in [4.78, 5) is 14.7. The fraction of sp³-hybridized carbons (Fsp3) is 0.588. The Morgan fingerprint density at radius 2 is 2.14 bits per heavy atom. The van der Waals surface area contributed by atoms with Crippen molar-refractivity contribution >= 4 is 11.6 Å². The first-order valence-corrected chi connectivity index (χ1v) is 8.09. The number of hydrogen-bond donors (Lipinski definition) is 2. The SMILES string of the molecule is Nc1ccccc1CCC(=O)NC1CCN2CCCC2C1. The second kappa shape index (κ2) is 6.48. The van der Waals surface area contributed by atoms with E-state index in [2.05, 4.69) is 10.2 Å². The Hall–Kier alpha value is -1.55. The molecule has 2 atom stereocenters. The predicted octanol–water partition coefficient (Wildman–Crippen LogP) is 1.94. The molecule has 21 heavy (non-hydrogen) atoms. The number of carbonyl (C=O) groups excluding carboxylic acids is 1. The number of para-hydroxylation sites is 1. The van der Waals surface area contributed by atoms with E-state index in [9.17, 15) is 4.79 Å². The summed E-state index contributed by atoms with van der Waals surface area (Å²) in [6.07, 6.45) is 6.08. The quantitative estimate of drug-likeness (QED) is 0.832. The zero-order valence-electron chi connectivity index (χ0n) is 12.6. The van der Waals surface area contributed by atoms with Crippen LogP contribution in [-0.2, 0) is 11.2 Å². The van der Waals surface area contributed by atoms with Crippen molar-refractivity contribution < 1.29 is 4.79 Å². The molecule has 1 aromatic carbocycles. The molecule has 0 aromatic heterocycles. The first kappa shape index (κ1) is 14.4. The molecule has 0 spiro atoms. The van der Waals surface area contributed by atoms with Gasteiger partial charge in [-0.25, -0.2) is 0 Å². The van der Waals surface area contributed by atoms with Gasteiger partial charge in [0.05, 0.1) is 0 Å². The van der Waals surface area contributed by atoms with Crippen molar-refractivity contribution in [2.45, 2.75) is 50.6 Å². The van der Waals surface area contributed by atoms with Crippen molar-refractivity contribution in [3.63, 3.8) is 0 Å². The Labute approximate surface area is 126 Å². The maximum absolute atomic E-state index is 12.1. The molecule has 0 aliphatic carbocycles. The average molecular weight is 287 g/mol. The normalized spacial score (nSPS) is 25.5.